The predicted octanol–water partition coefficient (Wildman–Crippen LogP) is 4.70. The molecule has 0 fully saturated rings. The van der Waals surface area contributed by atoms with Gasteiger partial charge in [0, 0.05) is 11.6 Å². The molecule has 0 saturated carbocycles. The summed E-state index contributed by atoms with van der Waals surface area (Å²) in [7, 11) is 0.993. The third-order valence-electron chi connectivity index (χ3n) is 2.93. The minimum atomic E-state index is -4.99. The van der Waals surface area contributed by atoms with Crippen molar-refractivity contribution in [3.05, 3.63) is 41.0 Å². The third kappa shape index (κ3) is 4.16. The lowest BCUT2D eigenvalue weighted by Crippen LogP contribution is -2.20. The lowest BCUT2D eigenvalue weighted by Gasteiger charge is -2.23. The molecule has 2 N–H and O–H groups in total. The van der Waals surface area contributed by atoms with E-state index in [9.17, 15) is 26.3 Å². The monoisotopic (exact) mass is 327 g/mol. The normalized spacial score (nSPS) is 13.9. The first-order valence-corrected chi connectivity index (χ1v) is 6.14. The van der Waals surface area contributed by atoms with Gasteiger partial charge in [0.25, 0.3) is 0 Å². The van der Waals surface area contributed by atoms with Gasteiger partial charge >= 0.3 is 12.4 Å². The van der Waals surface area contributed by atoms with Crippen LogP contribution < -0.4 is 10.5 Å². The van der Waals surface area contributed by atoms with Gasteiger partial charge in [0.1, 0.15) is 5.75 Å². The van der Waals surface area contributed by atoms with E-state index in [1.165, 1.54) is 0 Å². The van der Waals surface area contributed by atoms with Crippen LogP contribution in [0.1, 0.15) is 36.1 Å². The van der Waals surface area contributed by atoms with Gasteiger partial charge in [-0.1, -0.05) is 5.57 Å². The standard InChI is InChI=1S/C14H15F6NO/c1-7(2)4-10(21)12-9(14(18,19)20)5-8(13(15,16)17)6-11(12)22-3/h5-6,10H,1,4,21H2,2-3H3/t10-/m1/s1. The van der Waals surface area contributed by atoms with Gasteiger partial charge in [0.05, 0.1) is 18.2 Å². The van der Waals surface area contributed by atoms with Crippen molar-refractivity contribution in [2.24, 2.45) is 5.73 Å². The van der Waals surface area contributed by atoms with E-state index in [1.54, 1.807) is 6.92 Å². The van der Waals surface area contributed by atoms with E-state index in [0.717, 1.165) is 7.11 Å². The van der Waals surface area contributed by atoms with Gasteiger partial charge in [-0.25, -0.2) is 0 Å². The maximum Gasteiger partial charge on any atom is 0.416 e. The smallest absolute Gasteiger partial charge is 0.416 e. The molecule has 0 aliphatic heterocycles. The Bertz CT molecular complexity index is 562. The van der Waals surface area contributed by atoms with E-state index in [2.05, 4.69) is 6.58 Å². The highest BCUT2D eigenvalue weighted by atomic mass is 19.4. The number of halogens is 6. The van der Waals surface area contributed by atoms with Gasteiger partial charge in [0.15, 0.2) is 0 Å². The van der Waals surface area contributed by atoms with E-state index in [1.807, 2.05) is 0 Å². The van der Waals surface area contributed by atoms with Gasteiger partial charge in [-0.15, -0.1) is 6.58 Å². The van der Waals surface area contributed by atoms with Crippen LogP contribution in [0.3, 0.4) is 0 Å². The molecule has 1 atom stereocenters. The zero-order valence-corrected chi connectivity index (χ0v) is 11.9. The van der Waals surface area contributed by atoms with Crippen LogP contribution in [0.25, 0.3) is 0 Å². The van der Waals surface area contributed by atoms with Gasteiger partial charge in [-0.05, 0) is 25.5 Å². The molecule has 0 heterocycles. The Kier molecular flexibility index (Phi) is 5.17. The molecule has 0 aliphatic rings. The molecule has 124 valence electrons. The third-order valence-corrected chi connectivity index (χ3v) is 2.93. The fraction of sp³-hybridized carbons (Fsp3) is 0.429. The molecular formula is C14H15F6NO. The van der Waals surface area contributed by atoms with Gasteiger partial charge in [-0.3, -0.25) is 0 Å². The summed E-state index contributed by atoms with van der Waals surface area (Å²) in [6.07, 6.45) is -9.92. The van der Waals surface area contributed by atoms with Crippen molar-refractivity contribution in [1.82, 2.24) is 0 Å². The molecule has 8 heteroatoms. The molecular weight excluding hydrogens is 312 g/mol. The fourth-order valence-electron chi connectivity index (χ4n) is 2.05. The number of ether oxygens (including phenoxy) is 1. The molecule has 0 unspecified atom stereocenters. The second kappa shape index (κ2) is 6.20. The lowest BCUT2D eigenvalue weighted by molar-refractivity contribution is -0.143. The maximum absolute atomic E-state index is 13.1. The summed E-state index contributed by atoms with van der Waals surface area (Å²) in [5.74, 6) is -0.545. The summed E-state index contributed by atoms with van der Waals surface area (Å²) >= 11 is 0. The molecule has 0 radical (unpaired) electrons. The van der Waals surface area contributed by atoms with E-state index in [0.29, 0.717) is 11.6 Å². The highest BCUT2D eigenvalue weighted by Crippen LogP contribution is 2.44. The van der Waals surface area contributed by atoms with Crippen LogP contribution in [-0.2, 0) is 12.4 Å². The molecule has 1 aromatic rings. The van der Waals surface area contributed by atoms with Crippen molar-refractivity contribution < 1.29 is 31.1 Å². The Morgan fingerprint density at radius 2 is 1.73 bits per heavy atom. The largest absolute Gasteiger partial charge is 0.496 e. The molecule has 0 bridgehead atoms. The summed E-state index contributed by atoms with van der Waals surface area (Å²) in [5, 5.41) is 0. The molecule has 0 amide bonds. The molecule has 1 rings (SSSR count). The van der Waals surface area contributed by atoms with Crippen molar-refractivity contribution in [2.75, 3.05) is 7.11 Å². The number of methoxy groups -OCH3 is 1. The van der Waals surface area contributed by atoms with E-state index >= 15 is 0 Å². The summed E-state index contributed by atoms with van der Waals surface area (Å²) in [6, 6.07) is -0.606. The highest BCUT2D eigenvalue weighted by molar-refractivity contribution is 5.48. The minimum Gasteiger partial charge on any atom is -0.496 e. The lowest BCUT2D eigenvalue weighted by atomic mass is 9.93. The van der Waals surface area contributed by atoms with Crippen LogP contribution in [0.2, 0.25) is 0 Å². The molecule has 2 nitrogen and oxygen atoms in total. The van der Waals surface area contributed by atoms with Crippen molar-refractivity contribution in [3.63, 3.8) is 0 Å². The van der Waals surface area contributed by atoms with E-state index in [4.69, 9.17) is 10.5 Å². The Balaban J connectivity index is 3.62. The number of benzene rings is 1. The molecule has 22 heavy (non-hydrogen) atoms. The average Bonchev–Trinajstić information content (AvgIpc) is 2.33. The Morgan fingerprint density at radius 3 is 2.09 bits per heavy atom. The Labute approximate surface area is 123 Å². The van der Waals surface area contributed by atoms with Gasteiger partial charge in [-0.2, -0.15) is 26.3 Å². The first-order chi connectivity index (χ1) is 9.87. The number of nitrogens with two attached hydrogens (primary N) is 1. The zero-order valence-electron chi connectivity index (χ0n) is 11.9. The summed E-state index contributed by atoms with van der Waals surface area (Å²) in [5.41, 5.74) is 2.81. The van der Waals surface area contributed by atoms with Crippen molar-refractivity contribution in [3.8, 4) is 5.75 Å². The molecule has 0 spiro atoms. The topological polar surface area (TPSA) is 35.2 Å². The number of hydrogen-bond donors (Lipinski definition) is 1. The second-order valence-electron chi connectivity index (χ2n) is 4.90. The molecule has 1 aromatic carbocycles. The van der Waals surface area contributed by atoms with Crippen LogP contribution in [0, 0.1) is 0 Å². The van der Waals surface area contributed by atoms with Crippen LogP contribution in [0.5, 0.6) is 5.75 Å². The Morgan fingerprint density at radius 1 is 1.18 bits per heavy atom. The summed E-state index contributed by atoms with van der Waals surface area (Å²) in [4.78, 5) is 0. The quantitative estimate of drug-likeness (QED) is 0.643. The SMILES string of the molecule is C=C(C)C[C@@H](N)c1c(OC)cc(C(F)(F)F)cc1C(F)(F)F. The number of rotatable bonds is 4. The Hall–Kier alpha value is -1.70. The van der Waals surface area contributed by atoms with Gasteiger partial charge in [0.2, 0.25) is 0 Å². The first kappa shape index (κ1) is 18.3. The van der Waals surface area contributed by atoms with Gasteiger partial charge < -0.3 is 10.5 Å². The summed E-state index contributed by atoms with van der Waals surface area (Å²) < 4.78 is 82.3. The molecule has 0 saturated heterocycles. The molecule has 0 aliphatic carbocycles. The maximum atomic E-state index is 13.1. The van der Waals surface area contributed by atoms with Crippen molar-refractivity contribution >= 4 is 0 Å². The summed E-state index contributed by atoms with van der Waals surface area (Å²) in [6.45, 7) is 5.10. The predicted molar refractivity (Wildman–Crippen MR) is 69.4 cm³/mol. The van der Waals surface area contributed by atoms with Crippen molar-refractivity contribution in [1.29, 1.82) is 0 Å². The average molecular weight is 327 g/mol. The zero-order chi connectivity index (χ0) is 17.3. The fourth-order valence-corrected chi connectivity index (χ4v) is 2.05. The molecule has 0 aromatic heterocycles. The minimum absolute atomic E-state index is 0.00912. The number of alkyl halides is 6. The van der Waals surface area contributed by atoms with E-state index < -0.39 is 40.8 Å². The number of hydrogen-bond acceptors (Lipinski definition) is 2. The van der Waals surface area contributed by atoms with E-state index in [-0.39, 0.29) is 12.5 Å². The first-order valence-electron chi connectivity index (χ1n) is 6.14. The van der Waals surface area contributed by atoms with Crippen LogP contribution in [-0.4, -0.2) is 7.11 Å². The van der Waals surface area contributed by atoms with Crippen molar-refractivity contribution in [2.45, 2.75) is 31.7 Å². The van der Waals surface area contributed by atoms with Crippen LogP contribution >= 0.6 is 0 Å². The highest BCUT2D eigenvalue weighted by Gasteiger charge is 2.41. The second-order valence-corrected chi connectivity index (χ2v) is 4.90. The van der Waals surface area contributed by atoms with Crippen LogP contribution in [0.4, 0.5) is 26.3 Å². The van der Waals surface area contributed by atoms with Crippen LogP contribution in [0.15, 0.2) is 24.3 Å².